The predicted octanol–water partition coefficient (Wildman–Crippen LogP) is 4.17. The van der Waals surface area contributed by atoms with Crippen LogP contribution in [-0.2, 0) is 12.6 Å². The number of amides is 1. The smallest absolute Gasteiger partial charge is 0.352 e. The zero-order valence-electron chi connectivity index (χ0n) is 14.6. The quantitative estimate of drug-likeness (QED) is 0.730. The third-order valence-corrected chi connectivity index (χ3v) is 4.21. The minimum atomic E-state index is -4.40. The summed E-state index contributed by atoms with van der Waals surface area (Å²) in [5, 5.41) is 6.86. The summed E-state index contributed by atoms with van der Waals surface area (Å²) < 4.78 is 40.7. The van der Waals surface area contributed by atoms with Crippen LogP contribution in [0.2, 0.25) is 0 Å². The number of alkyl halides is 3. The lowest BCUT2D eigenvalue weighted by Gasteiger charge is -2.13. The molecule has 2 aromatic carbocycles. The predicted molar refractivity (Wildman–Crippen MR) is 95.8 cm³/mol. The summed E-state index contributed by atoms with van der Waals surface area (Å²) in [5.41, 5.74) is 1.73. The first-order valence-electron chi connectivity index (χ1n) is 8.40. The Bertz CT molecular complexity index is 930. The fourth-order valence-electron chi connectivity index (χ4n) is 2.82. The summed E-state index contributed by atoms with van der Waals surface area (Å²) in [6.45, 7) is 2.04. The Kier molecular flexibility index (Phi) is 5.30. The number of nitrogens with one attached hydrogen (secondary N) is 1. The standard InChI is InChI=1S/C20H18F3N3O/c1-14-10-13-25-26(14)17-8-6-16(7-9-17)19(27)24-12-11-15-4-2-3-5-18(15)20(21,22)23/h2-10,13H,11-12H2,1H3,(H,24,27). The number of hydrogen-bond donors (Lipinski definition) is 1. The molecule has 0 fully saturated rings. The number of carbonyl (C=O) groups excluding carboxylic acids is 1. The monoisotopic (exact) mass is 373 g/mol. The van der Waals surface area contributed by atoms with Crippen LogP contribution >= 0.6 is 0 Å². The Labute approximate surface area is 154 Å². The van der Waals surface area contributed by atoms with Crippen molar-refractivity contribution in [1.82, 2.24) is 15.1 Å². The van der Waals surface area contributed by atoms with Gasteiger partial charge in [0.2, 0.25) is 0 Å². The van der Waals surface area contributed by atoms with Gasteiger partial charge in [0.1, 0.15) is 0 Å². The Morgan fingerprint density at radius 1 is 1.07 bits per heavy atom. The van der Waals surface area contributed by atoms with E-state index in [2.05, 4.69) is 10.4 Å². The van der Waals surface area contributed by atoms with Crippen LogP contribution in [-0.4, -0.2) is 22.2 Å². The fraction of sp³-hybridized carbons (Fsp3) is 0.200. The molecular weight excluding hydrogens is 355 g/mol. The lowest BCUT2D eigenvalue weighted by Crippen LogP contribution is -2.26. The summed E-state index contributed by atoms with van der Waals surface area (Å²) in [4.78, 5) is 12.2. The van der Waals surface area contributed by atoms with Crippen LogP contribution in [0.5, 0.6) is 0 Å². The highest BCUT2D eigenvalue weighted by Crippen LogP contribution is 2.31. The van der Waals surface area contributed by atoms with Crippen LogP contribution in [0.15, 0.2) is 60.8 Å². The molecule has 0 bridgehead atoms. The summed E-state index contributed by atoms with van der Waals surface area (Å²) in [6.07, 6.45) is -2.61. The minimum Gasteiger partial charge on any atom is -0.352 e. The normalized spacial score (nSPS) is 11.4. The number of hydrogen-bond acceptors (Lipinski definition) is 2. The molecule has 7 heteroatoms. The van der Waals surface area contributed by atoms with E-state index in [4.69, 9.17) is 0 Å². The van der Waals surface area contributed by atoms with Crippen LogP contribution in [0.25, 0.3) is 5.69 Å². The van der Waals surface area contributed by atoms with E-state index < -0.39 is 11.7 Å². The first kappa shape index (κ1) is 18.7. The average molecular weight is 373 g/mol. The van der Waals surface area contributed by atoms with E-state index in [0.29, 0.717) is 5.56 Å². The largest absolute Gasteiger partial charge is 0.416 e. The number of aromatic nitrogens is 2. The van der Waals surface area contributed by atoms with Crippen LogP contribution in [0.4, 0.5) is 13.2 Å². The third kappa shape index (κ3) is 4.36. The van der Waals surface area contributed by atoms with Gasteiger partial charge in [0.25, 0.3) is 5.91 Å². The van der Waals surface area contributed by atoms with Gasteiger partial charge >= 0.3 is 6.18 Å². The third-order valence-electron chi connectivity index (χ3n) is 4.21. The summed E-state index contributed by atoms with van der Waals surface area (Å²) >= 11 is 0. The molecule has 0 spiro atoms. The van der Waals surface area contributed by atoms with Crippen molar-refractivity contribution < 1.29 is 18.0 Å². The van der Waals surface area contributed by atoms with Gasteiger partial charge < -0.3 is 5.32 Å². The summed E-state index contributed by atoms with van der Waals surface area (Å²) in [7, 11) is 0. The van der Waals surface area contributed by atoms with Crippen molar-refractivity contribution in [3.8, 4) is 5.69 Å². The van der Waals surface area contributed by atoms with E-state index in [1.165, 1.54) is 12.1 Å². The Balaban J connectivity index is 1.61. The SMILES string of the molecule is Cc1ccnn1-c1ccc(C(=O)NCCc2ccccc2C(F)(F)F)cc1. The molecule has 0 aliphatic carbocycles. The lowest BCUT2D eigenvalue weighted by atomic mass is 10.0. The Morgan fingerprint density at radius 2 is 1.78 bits per heavy atom. The van der Waals surface area contributed by atoms with Gasteiger partial charge in [-0.25, -0.2) is 4.68 Å². The highest BCUT2D eigenvalue weighted by atomic mass is 19.4. The van der Waals surface area contributed by atoms with E-state index in [1.54, 1.807) is 41.2 Å². The second-order valence-corrected chi connectivity index (χ2v) is 6.09. The molecule has 1 aromatic heterocycles. The van der Waals surface area contributed by atoms with Crippen molar-refractivity contribution in [2.24, 2.45) is 0 Å². The zero-order chi connectivity index (χ0) is 19.4. The molecule has 0 saturated carbocycles. The molecule has 3 rings (SSSR count). The maximum Gasteiger partial charge on any atom is 0.416 e. The number of rotatable bonds is 5. The molecule has 0 radical (unpaired) electrons. The van der Waals surface area contributed by atoms with Crippen molar-refractivity contribution >= 4 is 5.91 Å². The number of nitrogens with zero attached hydrogens (tertiary/aromatic N) is 2. The highest BCUT2D eigenvalue weighted by molar-refractivity contribution is 5.94. The second-order valence-electron chi connectivity index (χ2n) is 6.09. The second kappa shape index (κ2) is 7.65. The van der Waals surface area contributed by atoms with Gasteiger partial charge in [-0.2, -0.15) is 18.3 Å². The van der Waals surface area contributed by atoms with Crippen molar-refractivity contribution in [3.05, 3.63) is 83.2 Å². The molecule has 0 unspecified atom stereocenters. The molecular formula is C20H18F3N3O. The summed E-state index contributed by atoms with van der Waals surface area (Å²) in [6, 6.07) is 14.1. The van der Waals surface area contributed by atoms with E-state index >= 15 is 0 Å². The Morgan fingerprint density at radius 3 is 2.41 bits per heavy atom. The van der Waals surface area contributed by atoms with Gasteiger partial charge in [0.15, 0.2) is 0 Å². The minimum absolute atomic E-state index is 0.103. The van der Waals surface area contributed by atoms with Crippen LogP contribution in [0.1, 0.15) is 27.2 Å². The van der Waals surface area contributed by atoms with Gasteiger partial charge in [-0.3, -0.25) is 4.79 Å². The number of benzene rings is 2. The fourth-order valence-corrected chi connectivity index (χ4v) is 2.82. The molecule has 0 saturated heterocycles. The molecule has 3 aromatic rings. The molecule has 1 amide bonds. The van der Waals surface area contributed by atoms with E-state index in [-0.39, 0.29) is 24.4 Å². The molecule has 0 aliphatic heterocycles. The van der Waals surface area contributed by atoms with E-state index in [0.717, 1.165) is 17.4 Å². The molecule has 27 heavy (non-hydrogen) atoms. The molecule has 140 valence electrons. The zero-order valence-corrected chi connectivity index (χ0v) is 14.6. The van der Waals surface area contributed by atoms with Crippen molar-refractivity contribution in [2.45, 2.75) is 19.5 Å². The van der Waals surface area contributed by atoms with Gasteiger partial charge in [0.05, 0.1) is 11.3 Å². The van der Waals surface area contributed by atoms with E-state index in [9.17, 15) is 18.0 Å². The average Bonchev–Trinajstić information content (AvgIpc) is 3.07. The van der Waals surface area contributed by atoms with Gasteiger partial charge in [-0.15, -0.1) is 0 Å². The first-order chi connectivity index (χ1) is 12.9. The van der Waals surface area contributed by atoms with Gasteiger partial charge in [-0.05, 0) is 55.3 Å². The van der Waals surface area contributed by atoms with Gasteiger partial charge in [0, 0.05) is 24.0 Å². The number of aryl methyl sites for hydroxylation is 1. The van der Waals surface area contributed by atoms with Gasteiger partial charge in [-0.1, -0.05) is 18.2 Å². The van der Waals surface area contributed by atoms with Crippen molar-refractivity contribution in [1.29, 1.82) is 0 Å². The highest BCUT2D eigenvalue weighted by Gasteiger charge is 2.32. The molecule has 0 atom stereocenters. The first-order valence-corrected chi connectivity index (χ1v) is 8.40. The molecule has 1 heterocycles. The Hall–Kier alpha value is -3.09. The van der Waals surface area contributed by atoms with Crippen molar-refractivity contribution in [3.63, 3.8) is 0 Å². The van der Waals surface area contributed by atoms with Crippen LogP contribution in [0, 0.1) is 6.92 Å². The van der Waals surface area contributed by atoms with Crippen LogP contribution < -0.4 is 5.32 Å². The number of halogens is 3. The number of carbonyl (C=O) groups is 1. The van der Waals surface area contributed by atoms with Crippen molar-refractivity contribution in [2.75, 3.05) is 6.54 Å². The lowest BCUT2D eigenvalue weighted by molar-refractivity contribution is -0.138. The van der Waals surface area contributed by atoms with E-state index in [1.807, 2.05) is 13.0 Å². The maximum absolute atomic E-state index is 13.0. The van der Waals surface area contributed by atoms with Crippen LogP contribution in [0.3, 0.4) is 0 Å². The molecule has 0 aliphatic rings. The topological polar surface area (TPSA) is 46.9 Å². The summed E-state index contributed by atoms with van der Waals surface area (Å²) in [5.74, 6) is -0.330. The maximum atomic E-state index is 13.0. The molecule has 1 N–H and O–H groups in total. The molecule has 4 nitrogen and oxygen atoms in total.